The molecule has 0 fully saturated rings. The van der Waals surface area contributed by atoms with Gasteiger partial charge in [0.2, 0.25) is 0 Å². The molecule has 9 heteroatoms. The lowest BCUT2D eigenvalue weighted by atomic mass is 9.73. The van der Waals surface area contributed by atoms with Gasteiger partial charge < -0.3 is 29.5 Å². The first-order valence-corrected chi connectivity index (χ1v) is 19.9. The highest BCUT2D eigenvalue weighted by Crippen LogP contribution is 2.41. The van der Waals surface area contributed by atoms with Gasteiger partial charge in [-0.3, -0.25) is 14.4 Å². The Morgan fingerprint density at radius 2 is 0.814 bits per heavy atom. The summed E-state index contributed by atoms with van der Waals surface area (Å²) in [6.07, 6.45) is 2.32. The first kappa shape index (κ1) is 45.6. The van der Waals surface area contributed by atoms with Crippen LogP contribution >= 0.6 is 0 Å². The van der Waals surface area contributed by atoms with Gasteiger partial charge in [0.05, 0.1) is 32.2 Å². The molecule has 3 N–H and O–H groups in total. The summed E-state index contributed by atoms with van der Waals surface area (Å²) in [5, 5.41) is 34.2. The topological polar surface area (TPSA) is 140 Å². The SMILES string of the molecule is CC[C@@H](c1ccc2cc(OC)ccc2c1)C(C)(C)C(=O)O.CC[C@H](c1ccc2cc(OC)ccc2c1)C(C)(C)C(=O)O.COc1ccc2cc(CCC(=O)O)ccc2c1. The van der Waals surface area contributed by atoms with Crippen molar-refractivity contribution in [3.8, 4) is 17.2 Å². The summed E-state index contributed by atoms with van der Waals surface area (Å²) in [7, 11) is 4.94. The minimum atomic E-state index is -0.783. The molecule has 0 aliphatic carbocycles. The van der Waals surface area contributed by atoms with Crippen LogP contribution in [-0.4, -0.2) is 54.6 Å². The molecule has 6 rings (SSSR count). The second kappa shape index (κ2) is 20.1. The van der Waals surface area contributed by atoms with Gasteiger partial charge in [-0.15, -0.1) is 0 Å². The molecule has 0 saturated carbocycles. The Hall–Kier alpha value is -6.09. The lowest BCUT2D eigenvalue weighted by Crippen LogP contribution is -2.31. The standard InChI is InChI=1S/2C18H22O3.C14H14O3/c2*1-5-16(18(2,3)17(19)20)14-7-6-13-11-15(21-4)9-8-12(13)10-14;1-17-13-6-5-11-8-10(3-7-14(15)16)2-4-12(11)9-13/h2*6-11,16H,5H2,1-4H3,(H,19,20);2,4-6,8-9H,3,7H2,1H3,(H,15,16)/t2*16-;/m10./s1. The highest BCUT2D eigenvalue weighted by Gasteiger charge is 2.37. The number of aryl methyl sites for hydroxylation is 1. The van der Waals surface area contributed by atoms with Crippen LogP contribution in [0.2, 0.25) is 0 Å². The zero-order chi connectivity index (χ0) is 43.5. The maximum absolute atomic E-state index is 11.5. The summed E-state index contributed by atoms with van der Waals surface area (Å²) >= 11 is 0. The van der Waals surface area contributed by atoms with Gasteiger partial charge in [0.15, 0.2) is 0 Å². The van der Waals surface area contributed by atoms with Gasteiger partial charge >= 0.3 is 17.9 Å². The molecule has 0 unspecified atom stereocenters. The average Bonchev–Trinajstić information content (AvgIpc) is 3.22. The normalized spacial score (nSPS) is 12.4. The maximum atomic E-state index is 11.5. The van der Waals surface area contributed by atoms with Gasteiger partial charge in [0.1, 0.15) is 17.2 Å². The molecule has 9 nitrogen and oxygen atoms in total. The minimum absolute atomic E-state index is 0.0125. The predicted molar refractivity (Wildman–Crippen MR) is 236 cm³/mol. The third-order valence-electron chi connectivity index (χ3n) is 11.3. The number of methoxy groups -OCH3 is 3. The number of fused-ring (bicyclic) bond motifs is 3. The van der Waals surface area contributed by atoms with Crippen LogP contribution in [0.15, 0.2) is 109 Å². The zero-order valence-corrected chi connectivity index (χ0v) is 35.7. The van der Waals surface area contributed by atoms with Gasteiger partial charge in [-0.05, 0) is 144 Å². The zero-order valence-electron chi connectivity index (χ0n) is 35.7. The van der Waals surface area contributed by atoms with E-state index in [1.165, 1.54) is 0 Å². The Labute approximate surface area is 347 Å². The van der Waals surface area contributed by atoms with E-state index in [2.05, 4.69) is 12.1 Å². The molecular formula is C50H58O9. The van der Waals surface area contributed by atoms with Crippen molar-refractivity contribution in [2.75, 3.05) is 21.3 Å². The van der Waals surface area contributed by atoms with Crippen molar-refractivity contribution in [1.82, 2.24) is 0 Å². The van der Waals surface area contributed by atoms with Crippen LogP contribution in [0.3, 0.4) is 0 Å². The molecule has 0 amide bonds. The molecule has 312 valence electrons. The van der Waals surface area contributed by atoms with Crippen molar-refractivity contribution in [3.63, 3.8) is 0 Å². The van der Waals surface area contributed by atoms with Gasteiger partial charge in [0, 0.05) is 6.42 Å². The fraction of sp³-hybridized carbons (Fsp3) is 0.340. The molecule has 2 atom stereocenters. The highest BCUT2D eigenvalue weighted by molar-refractivity contribution is 5.87. The Morgan fingerprint density at radius 1 is 0.492 bits per heavy atom. The van der Waals surface area contributed by atoms with Crippen molar-refractivity contribution in [2.45, 2.75) is 79.1 Å². The number of ether oxygens (including phenoxy) is 3. The van der Waals surface area contributed by atoms with E-state index in [9.17, 15) is 24.6 Å². The van der Waals surface area contributed by atoms with Crippen molar-refractivity contribution in [1.29, 1.82) is 0 Å². The van der Waals surface area contributed by atoms with E-state index < -0.39 is 28.7 Å². The number of hydrogen-bond acceptors (Lipinski definition) is 6. The summed E-state index contributed by atoms with van der Waals surface area (Å²) in [4.78, 5) is 33.6. The number of benzene rings is 6. The predicted octanol–water partition coefficient (Wildman–Crippen LogP) is 11.8. The average molecular weight is 803 g/mol. The molecule has 59 heavy (non-hydrogen) atoms. The number of hydrogen-bond donors (Lipinski definition) is 3. The largest absolute Gasteiger partial charge is 0.497 e. The summed E-state index contributed by atoms with van der Waals surface area (Å²) in [6, 6.07) is 36.0. The van der Waals surface area contributed by atoms with E-state index in [1.54, 1.807) is 49.0 Å². The molecule has 0 radical (unpaired) electrons. The monoisotopic (exact) mass is 802 g/mol. The van der Waals surface area contributed by atoms with Crippen LogP contribution in [-0.2, 0) is 20.8 Å². The molecule has 0 bridgehead atoms. The fourth-order valence-electron chi connectivity index (χ4n) is 7.60. The first-order valence-electron chi connectivity index (χ1n) is 19.9. The molecule has 0 spiro atoms. The van der Waals surface area contributed by atoms with E-state index >= 15 is 0 Å². The molecule has 0 aliphatic heterocycles. The van der Waals surface area contributed by atoms with Gasteiger partial charge in [-0.25, -0.2) is 0 Å². The van der Waals surface area contributed by atoms with Gasteiger partial charge in [-0.2, -0.15) is 0 Å². The highest BCUT2D eigenvalue weighted by atomic mass is 16.5. The second-order valence-electron chi connectivity index (χ2n) is 15.9. The summed E-state index contributed by atoms with van der Waals surface area (Å²) < 4.78 is 15.6. The first-order chi connectivity index (χ1) is 28.0. The van der Waals surface area contributed by atoms with E-state index in [1.807, 2.05) is 111 Å². The van der Waals surface area contributed by atoms with E-state index in [0.29, 0.717) is 6.42 Å². The third-order valence-corrected chi connectivity index (χ3v) is 11.3. The van der Waals surface area contributed by atoms with Gasteiger partial charge in [-0.1, -0.05) is 86.6 Å². The smallest absolute Gasteiger partial charge is 0.309 e. The van der Waals surface area contributed by atoms with Crippen LogP contribution < -0.4 is 14.2 Å². The van der Waals surface area contributed by atoms with Crippen LogP contribution in [0, 0.1) is 10.8 Å². The van der Waals surface area contributed by atoms with Gasteiger partial charge in [0.25, 0.3) is 0 Å². The summed E-state index contributed by atoms with van der Waals surface area (Å²) in [6.45, 7) is 11.2. The van der Waals surface area contributed by atoms with Crippen LogP contribution in [0.4, 0.5) is 0 Å². The molecule has 0 saturated heterocycles. The van der Waals surface area contributed by atoms with Crippen molar-refractivity contribution < 1.29 is 43.9 Å². The van der Waals surface area contributed by atoms with E-state index in [4.69, 9.17) is 19.3 Å². The van der Waals surface area contributed by atoms with Crippen LogP contribution in [0.5, 0.6) is 17.2 Å². The van der Waals surface area contributed by atoms with Crippen LogP contribution in [0.25, 0.3) is 32.3 Å². The second-order valence-corrected chi connectivity index (χ2v) is 15.9. The number of carboxylic acids is 3. The Morgan fingerprint density at radius 3 is 1.14 bits per heavy atom. The van der Waals surface area contributed by atoms with Crippen molar-refractivity contribution >= 4 is 50.2 Å². The fourth-order valence-corrected chi connectivity index (χ4v) is 7.60. The lowest BCUT2D eigenvalue weighted by molar-refractivity contribution is -0.149. The minimum Gasteiger partial charge on any atom is -0.497 e. The van der Waals surface area contributed by atoms with E-state index in [-0.39, 0.29) is 18.3 Å². The number of carboxylic acid groups (broad SMARTS) is 3. The van der Waals surface area contributed by atoms with Crippen molar-refractivity contribution in [3.05, 3.63) is 126 Å². The summed E-state index contributed by atoms with van der Waals surface area (Å²) in [5.41, 5.74) is 1.62. The van der Waals surface area contributed by atoms with E-state index in [0.717, 1.165) is 79.1 Å². The Bertz CT molecular complexity index is 2280. The molecule has 6 aromatic rings. The Balaban J connectivity index is 0.000000197. The molecule has 6 aromatic carbocycles. The number of carbonyl (C=O) groups is 3. The molecule has 0 heterocycles. The third kappa shape index (κ3) is 11.3. The number of aliphatic carboxylic acids is 3. The quantitative estimate of drug-likeness (QED) is 0.0981. The van der Waals surface area contributed by atoms with Crippen molar-refractivity contribution in [2.24, 2.45) is 10.8 Å². The molecular weight excluding hydrogens is 745 g/mol. The lowest BCUT2D eigenvalue weighted by Gasteiger charge is -2.30. The molecule has 0 aromatic heterocycles. The molecule has 0 aliphatic rings. The maximum Gasteiger partial charge on any atom is 0.309 e. The Kier molecular flexibility index (Phi) is 15.5. The summed E-state index contributed by atoms with van der Waals surface area (Å²) in [5.74, 6) is 0.174. The number of rotatable bonds is 14. The van der Waals surface area contributed by atoms with Crippen LogP contribution in [0.1, 0.15) is 89.3 Å².